The molecule has 162 valence electrons. The van der Waals surface area contributed by atoms with Crippen LogP contribution in [-0.4, -0.2) is 62.0 Å². The smallest absolute Gasteiger partial charge is 0.273 e. The Labute approximate surface area is 178 Å². The Kier molecular flexibility index (Phi) is 5.59. The van der Waals surface area contributed by atoms with Gasteiger partial charge in [0.15, 0.2) is 23.0 Å². The van der Waals surface area contributed by atoms with Crippen LogP contribution in [0.4, 0.5) is 0 Å². The van der Waals surface area contributed by atoms with Gasteiger partial charge >= 0.3 is 0 Å². The fourth-order valence-electron chi connectivity index (χ4n) is 3.77. The summed E-state index contributed by atoms with van der Waals surface area (Å²) in [5, 5.41) is 6.89. The molecule has 5 rings (SSSR count). The van der Waals surface area contributed by atoms with Crippen LogP contribution < -0.4 is 14.8 Å². The van der Waals surface area contributed by atoms with Gasteiger partial charge in [0.05, 0.1) is 25.5 Å². The van der Waals surface area contributed by atoms with Crippen LogP contribution in [-0.2, 0) is 4.74 Å². The summed E-state index contributed by atoms with van der Waals surface area (Å²) in [6, 6.07) is 10.8. The maximum atomic E-state index is 12.7. The summed E-state index contributed by atoms with van der Waals surface area (Å²) in [7, 11) is 0. The molecule has 3 aromatic rings. The molecule has 0 bridgehead atoms. The molecule has 31 heavy (non-hydrogen) atoms. The van der Waals surface area contributed by atoms with E-state index in [2.05, 4.69) is 15.4 Å². The van der Waals surface area contributed by atoms with Crippen LogP contribution in [0, 0.1) is 0 Å². The standard InChI is InChI=1S/C22H23N3O6/c26-22(23-14-17(18-2-1-7-28-18)25-5-8-27-9-6-25)16-13-20(31-24-16)15-3-4-19-21(12-15)30-11-10-29-19/h1-4,7,12-13,17H,5-6,8-11,14H2,(H,23,26)/t17-/m1/s1. The number of rotatable bonds is 6. The second-order valence-electron chi connectivity index (χ2n) is 7.32. The molecule has 2 aromatic heterocycles. The first-order valence-electron chi connectivity index (χ1n) is 10.3. The minimum Gasteiger partial charge on any atom is -0.486 e. The van der Waals surface area contributed by atoms with Gasteiger partial charge < -0.3 is 28.5 Å². The predicted octanol–water partition coefficient (Wildman–Crippen LogP) is 2.51. The molecule has 0 saturated carbocycles. The van der Waals surface area contributed by atoms with E-state index in [0.717, 1.165) is 24.4 Å². The number of aromatic nitrogens is 1. The minimum absolute atomic E-state index is 0.0768. The molecule has 1 fully saturated rings. The number of furan rings is 1. The highest BCUT2D eigenvalue weighted by Gasteiger charge is 2.26. The second-order valence-corrected chi connectivity index (χ2v) is 7.32. The van der Waals surface area contributed by atoms with Crippen molar-refractivity contribution in [2.75, 3.05) is 46.1 Å². The summed E-state index contributed by atoms with van der Waals surface area (Å²) in [5.41, 5.74) is 0.975. The molecular formula is C22H23N3O6. The zero-order chi connectivity index (χ0) is 21.0. The van der Waals surface area contributed by atoms with Crippen LogP contribution in [0.3, 0.4) is 0 Å². The van der Waals surface area contributed by atoms with Crippen molar-refractivity contribution in [3.63, 3.8) is 0 Å². The number of benzene rings is 1. The van der Waals surface area contributed by atoms with E-state index in [9.17, 15) is 4.79 Å². The summed E-state index contributed by atoms with van der Waals surface area (Å²) < 4.78 is 27.6. The minimum atomic E-state index is -0.308. The lowest BCUT2D eigenvalue weighted by atomic mass is 10.1. The van der Waals surface area contributed by atoms with E-state index in [1.54, 1.807) is 12.3 Å². The van der Waals surface area contributed by atoms with Crippen molar-refractivity contribution < 1.29 is 27.9 Å². The SMILES string of the molecule is O=C(NC[C@H](c1ccco1)N1CCOCC1)c1cc(-c2ccc3c(c2)OCCO3)on1. The zero-order valence-corrected chi connectivity index (χ0v) is 16.9. The van der Waals surface area contributed by atoms with Gasteiger partial charge in [-0.3, -0.25) is 9.69 Å². The number of ether oxygens (including phenoxy) is 3. The summed E-state index contributed by atoms with van der Waals surface area (Å²) >= 11 is 0. The van der Waals surface area contributed by atoms with E-state index in [0.29, 0.717) is 50.2 Å². The molecule has 9 heteroatoms. The normalized spacial score (nSPS) is 17.3. The van der Waals surface area contributed by atoms with Crippen LogP contribution in [0.1, 0.15) is 22.3 Å². The maximum Gasteiger partial charge on any atom is 0.273 e. The van der Waals surface area contributed by atoms with Crippen LogP contribution >= 0.6 is 0 Å². The predicted molar refractivity (Wildman–Crippen MR) is 109 cm³/mol. The zero-order valence-electron chi connectivity index (χ0n) is 16.9. The third-order valence-corrected chi connectivity index (χ3v) is 5.38. The fourth-order valence-corrected chi connectivity index (χ4v) is 3.77. The van der Waals surface area contributed by atoms with Crippen molar-refractivity contribution in [3.05, 3.63) is 54.1 Å². The molecule has 2 aliphatic rings. The molecule has 0 spiro atoms. The van der Waals surface area contributed by atoms with Gasteiger partial charge in [0, 0.05) is 31.3 Å². The molecule has 1 atom stereocenters. The van der Waals surface area contributed by atoms with Crippen LogP contribution in [0.5, 0.6) is 11.5 Å². The quantitative estimate of drug-likeness (QED) is 0.643. The number of morpholine rings is 1. The highest BCUT2D eigenvalue weighted by atomic mass is 16.6. The Balaban J connectivity index is 1.27. The largest absolute Gasteiger partial charge is 0.486 e. The number of nitrogens with zero attached hydrogens (tertiary/aromatic N) is 2. The van der Waals surface area contributed by atoms with Crippen LogP contribution in [0.25, 0.3) is 11.3 Å². The van der Waals surface area contributed by atoms with Crippen molar-refractivity contribution in [1.82, 2.24) is 15.4 Å². The summed E-state index contributed by atoms with van der Waals surface area (Å²) in [4.78, 5) is 15.0. The Morgan fingerprint density at radius 3 is 2.71 bits per heavy atom. The van der Waals surface area contributed by atoms with Crippen molar-refractivity contribution in [3.8, 4) is 22.8 Å². The first kappa shape index (κ1) is 19.7. The van der Waals surface area contributed by atoms with E-state index in [-0.39, 0.29) is 17.6 Å². The summed E-state index contributed by atoms with van der Waals surface area (Å²) in [6.07, 6.45) is 1.64. The van der Waals surface area contributed by atoms with Gasteiger partial charge in [-0.05, 0) is 30.3 Å². The Hall–Kier alpha value is -3.30. The van der Waals surface area contributed by atoms with E-state index in [1.165, 1.54) is 0 Å². The number of hydrogen-bond acceptors (Lipinski definition) is 8. The Morgan fingerprint density at radius 1 is 1.06 bits per heavy atom. The average Bonchev–Trinajstić information content (AvgIpc) is 3.52. The van der Waals surface area contributed by atoms with E-state index >= 15 is 0 Å². The first-order valence-corrected chi connectivity index (χ1v) is 10.3. The average molecular weight is 425 g/mol. The lowest BCUT2D eigenvalue weighted by molar-refractivity contribution is 0.0118. The van der Waals surface area contributed by atoms with Crippen molar-refractivity contribution in [2.45, 2.75) is 6.04 Å². The fraction of sp³-hybridized carbons (Fsp3) is 0.364. The number of amides is 1. The Bertz CT molecular complexity index is 1030. The van der Waals surface area contributed by atoms with Crippen molar-refractivity contribution in [2.24, 2.45) is 0 Å². The third-order valence-electron chi connectivity index (χ3n) is 5.38. The number of hydrogen-bond donors (Lipinski definition) is 1. The molecule has 0 unspecified atom stereocenters. The molecule has 0 radical (unpaired) electrons. The molecule has 2 aliphatic heterocycles. The lowest BCUT2D eigenvalue weighted by Gasteiger charge is -2.33. The van der Waals surface area contributed by atoms with Crippen molar-refractivity contribution >= 4 is 5.91 Å². The van der Waals surface area contributed by atoms with Gasteiger partial charge in [0.25, 0.3) is 5.91 Å². The molecule has 4 heterocycles. The van der Waals surface area contributed by atoms with Gasteiger partial charge in [0.1, 0.15) is 19.0 Å². The van der Waals surface area contributed by atoms with E-state index in [4.69, 9.17) is 23.2 Å². The second kappa shape index (κ2) is 8.83. The van der Waals surface area contributed by atoms with E-state index in [1.807, 2.05) is 30.3 Å². The molecular weight excluding hydrogens is 402 g/mol. The molecule has 0 aliphatic carbocycles. The summed E-state index contributed by atoms with van der Waals surface area (Å²) in [5.74, 6) is 2.33. The topological polar surface area (TPSA) is 99.2 Å². The van der Waals surface area contributed by atoms with Crippen LogP contribution in [0.15, 0.2) is 51.6 Å². The molecule has 1 amide bonds. The molecule has 1 N–H and O–H groups in total. The number of carbonyl (C=O) groups is 1. The highest BCUT2D eigenvalue weighted by molar-refractivity contribution is 5.93. The molecule has 1 aromatic carbocycles. The van der Waals surface area contributed by atoms with Gasteiger partial charge in [-0.1, -0.05) is 5.16 Å². The lowest BCUT2D eigenvalue weighted by Crippen LogP contribution is -2.43. The van der Waals surface area contributed by atoms with Gasteiger partial charge in [0.2, 0.25) is 0 Å². The van der Waals surface area contributed by atoms with Crippen molar-refractivity contribution in [1.29, 1.82) is 0 Å². The van der Waals surface area contributed by atoms with Gasteiger partial charge in [-0.15, -0.1) is 0 Å². The number of carbonyl (C=O) groups excluding carboxylic acids is 1. The molecule has 9 nitrogen and oxygen atoms in total. The maximum absolute atomic E-state index is 12.7. The van der Waals surface area contributed by atoms with Gasteiger partial charge in [-0.25, -0.2) is 0 Å². The highest BCUT2D eigenvalue weighted by Crippen LogP contribution is 2.34. The van der Waals surface area contributed by atoms with Gasteiger partial charge in [-0.2, -0.15) is 0 Å². The van der Waals surface area contributed by atoms with Crippen LogP contribution in [0.2, 0.25) is 0 Å². The monoisotopic (exact) mass is 425 g/mol. The van der Waals surface area contributed by atoms with E-state index < -0.39 is 0 Å². The molecule has 1 saturated heterocycles. The first-order chi connectivity index (χ1) is 15.3. The number of nitrogens with one attached hydrogen (secondary N) is 1. The third kappa shape index (κ3) is 4.28. The summed E-state index contributed by atoms with van der Waals surface area (Å²) in [6.45, 7) is 4.29. The Morgan fingerprint density at radius 2 is 1.90 bits per heavy atom. The number of fused-ring (bicyclic) bond motifs is 1.